The van der Waals surface area contributed by atoms with Crippen molar-refractivity contribution in [2.45, 2.75) is 79.6 Å². The summed E-state index contributed by atoms with van der Waals surface area (Å²) in [7, 11) is 3.20. The average molecular weight is 514 g/mol. The zero-order valence-electron chi connectivity index (χ0n) is 24.3. The molecule has 2 N–H and O–H groups in total. The summed E-state index contributed by atoms with van der Waals surface area (Å²) in [5.74, 6) is 2.00. The van der Waals surface area contributed by atoms with Gasteiger partial charge in [-0.25, -0.2) is 0 Å². The molecule has 2 rings (SSSR count). The molecule has 2 aromatic carbocycles. The van der Waals surface area contributed by atoms with Crippen LogP contribution in [0, 0.1) is 6.92 Å². The summed E-state index contributed by atoms with van der Waals surface area (Å²) in [6.07, 6.45) is 5.92. The number of methoxy groups -OCH3 is 2. The van der Waals surface area contributed by atoms with Crippen molar-refractivity contribution < 1.29 is 24.1 Å². The molecule has 0 unspecified atom stereocenters. The number of allylic oxidation sites excluding steroid dienone is 2. The Balaban J connectivity index is 0.00000334. The maximum atomic E-state index is 12.4. The number of carbonyl (C=O) groups is 1. The van der Waals surface area contributed by atoms with Crippen LogP contribution in [-0.4, -0.2) is 38.4 Å². The van der Waals surface area contributed by atoms with Crippen LogP contribution in [0.1, 0.15) is 77.5 Å². The molecule has 6 heteroatoms. The van der Waals surface area contributed by atoms with E-state index in [9.17, 15) is 9.90 Å². The Kier molecular flexibility index (Phi) is 13.7. The molecule has 6 nitrogen and oxygen atoms in total. The second-order valence-corrected chi connectivity index (χ2v) is 9.55. The third kappa shape index (κ3) is 9.67. The Morgan fingerprint density at radius 2 is 1.70 bits per heavy atom. The van der Waals surface area contributed by atoms with Crippen molar-refractivity contribution in [3.8, 4) is 23.0 Å². The summed E-state index contributed by atoms with van der Waals surface area (Å²) in [6.45, 7) is 14.9. The lowest BCUT2D eigenvalue weighted by Crippen LogP contribution is -2.30. The van der Waals surface area contributed by atoms with Crippen molar-refractivity contribution in [3.63, 3.8) is 0 Å². The van der Waals surface area contributed by atoms with E-state index in [4.69, 9.17) is 14.2 Å². The van der Waals surface area contributed by atoms with E-state index in [-0.39, 0.29) is 23.7 Å². The number of benzene rings is 2. The number of aromatic hydroxyl groups is 1. The van der Waals surface area contributed by atoms with Gasteiger partial charge in [0.2, 0.25) is 0 Å². The summed E-state index contributed by atoms with van der Waals surface area (Å²) in [5, 5.41) is 13.5. The zero-order chi connectivity index (χ0) is 28.0. The second-order valence-electron chi connectivity index (χ2n) is 9.55. The largest absolute Gasteiger partial charge is 0.508 e. The SMILES string of the molecule is CC.CCC/C(C)=C/CC(C)(C)c1c(O)ccc(OCC(=O)NCCc2ccc(OC)c(OC)c2)c1C. The van der Waals surface area contributed by atoms with Crippen molar-refractivity contribution in [2.24, 2.45) is 0 Å². The first-order valence-electron chi connectivity index (χ1n) is 13.2. The van der Waals surface area contributed by atoms with E-state index in [0.29, 0.717) is 30.2 Å². The highest BCUT2D eigenvalue weighted by Crippen LogP contribution is 2.40. The first-order valence-corrected chi connectivity index (χ1v) is 13.2. The third-order valence-electron chi connectivity index (χ3n) is 6.22. The van der Waals surface area contributed by atoms with Gasteiger partial charge < -0.3 is 24.6 Å². The van der Waals surface area contributed by atoms with E-state index in [0.717, 1.165) is 36.0 Å². The predicted molar refractivity (Wildman–Crippen MR) is 152 cm³/mol. The summed E-state index contributed by atoms with van der Waals surface area (Å²) in [6, 6.07) is 9.08. The fraction of sp³-hybridized carbons (Fsp3) is 0.516. The van der Waals surface area contributed by atoms with E-state index in [1.165, 1.54) is 5.57 Å². The number of ether oxygens (including phenoxy) is 3. The minimum Gasteiger partial charge on any atom is -0.508 e. The summed E-state index contributed by atoms with van der Waals surface area (Å²) in [4.78, 5) is 12.4. The average Bonchev–Trinajstić information content (AvgIpc) is 2.88. The Morgan fingerprint density at radius 3 is 2.32 bits per heavy atom. The Hall–Kier alpha value is -3.15. The molecule has 0 bridgehead atoms. The molecular weight excluding hydrogens is 466 g/mol. The lowest BCUT2D eigenvalue weighted by Gasteiger charge is -2.28. The van der Waals surface area contributed by atoms with E-state index in [1.807, 2.05) is 39.0 Å². The molecule has 0 saturated heterocycles. The fourth-order valence-corrected chi connectivity index (χ4v) is 4.29. The van der Waals surface area contributed by atoms with Crippen LogP contribution in [0.5, 0.6) is 23.0 Å². The third-order valence-corrected chi connectivity index (χ3v) is 6.22. The van der Waals surface area contributed by atoms with Crippen LogP contribution in [0.2, 0.25) is 0 Å². The van der Waals surface area contributed by atoms with Gasteiger partial charge in [-0.2, -0.15) is 0 Å². The molecule has 0 aliphatic carbocycles. The molecule has 0 spiro atoms. The lowest BCUT2D eigenvalue weighted by molar-refractivity contribution is -0.123. The van der Waals surface area contributed by atoms with Gasteiger partial charge in [-0.1, -0.05) is 58.8 Å². The summed E-state index contributed by atoms with van der Waals surface area (Å²) >= 11 is 0. The highest BCUT2D eigenvalue weighted by molar-refractivity contribution is 5.77. The van der Waals surface area contributed by atoms with Crippen LogP contribution >= 0.6 is 0 Å². The Bertz CT molecular complexity index is 1030. The van der Waals surface area contributed by atoms with Gasteiger partial charge in [-0.15, -0.1) is 0 Å². The summed E-state index contributed by atoms with van der Waals surface area (Å²) in [5.41, 5.74) is 3.83. The number of phenols is 1. The zero-order valence-corrected chi connectivity index (χ0v) is 24.3. The van der Waals surface area contributed by atoms with Crippen molar-refractivity contribution in [1.29, 1.82) is 0 Å². The van der Waals surface area contributed by atoms with Crippen LogP contribution in [-0.2, 0) is 16.6 Å². The van der Waals surface area contributed by atoms with E-state index < -0.39 is 0 Å². The van der Waals surface area contributed by atoms with E-state index >= 15 is 0 Å². The number of carbonyl (C=O) groups excluding carboxylic acids is 1. The van der Waals surface area contributed by atoms with Crippen LogP contribution in [0.15, 0.2) is 42.0 Å². The molecule has 1 amide bonds. The van der Waals surface area contributed by atoms with E-state index in [2.05, 4.69) is 39.1 Å². The van der Waals surface area contributed by atoms with Crippen LogP contribution in [0.25, 0.3) is 0 Å². The van der Waals surface area contributed by atoms with Gasteiger partial charge in [0.25, 0.3) is 5.91 Å². The van der Waals surface area contributed by atoms with Crippen molar-refractivity contribution in [1.82, 2.24) is 5.32 Å². The van der Waals surface area contributed by atoms with E-state index in [1.54, 1.807) is 26.4 Å². The molecule has 0 saturated carbocycles. The molecule has 0 aliphatic heterocycles. The maximum Gasteiger partial charge on any atom is 0.257 e. The summed E-state index contributed by atoms with van der Waals surface area (Å²) < 4.78 is 16.4. The highest BCUT2D eigenvalue weighted by Gasteiger charge is 2.27. The maximum absolute atomic E-state index is 12.4. The normalized spacial score (nSPS) is 11.3. The number of phenolic OH excluding ortho intramolecular Hbond substituents is 1. The topological polar surface area (TPSA) is 77.0 Å². The van der Waals surface area contributed by atoms with Gasteiger partial charge in [-0.3, -0.25) is 4.79 Å². The van der Waals surface area contributed by atoms with Gasteiger partial charge in [0.05, 0.1) is 14.2 Å². The smallest absolute Gasteiger partial charge is 0.257 e. The molecule has 0 heterocycles. The first kappa shape index (κ1) is 31.9. The van der Waals surface area contributed by atoms with Crippen molar-refractivity contribution in [2.75, 3.05) is 27.4 Å². The Labute approximate surface area is 224 Å². The number of amides is 1. The van der Waals surface area contributed by atoms with Crippen molar-refractivity contribution in [3.05, 3.63) is 58.7 Å². The van der Waals surface area contributed by atoms with Gasteiger partial charge in [0.15, 0.2) is 18.1 Å². The first-order chi connectivity index (χ1) is 17.6. The molecule has 206 valence electrons. The van der Waals surface area contributed by atoms with Crippen molar-refractivity contribution >= 4 is 5.91 Å². The van der Waals surface area contributed by atoms with Crippen LogP contribution in [0.3, 0.4) is 0 Å². The minimum atomic E-state index is -0.274. The number of hydrogen-bond acceptors (Lipinski definition) is 5. The molecule has 0 atom stereocenters. The standard InChI is InChI=1S/C29H41NO5.C2H6/c1-8-9-20(2)14-16-29(4,5)28-21(3)24(13-11-23(28)31)35-19-27(32)30-17-15-22-10-12-25(33-6)26(18-22)34-7;1-2/h10-14,18,31H,8-9,15-17,19H2,1-7H3,(H,30,32);1-2H3/b20-14+;. The lowest BCUT2D eigenvalue weighted by atomic mass is 9.78. The number of hydrogen-bond donors (Lipinski definition) is 2. The quantitative estimate of drug-likeness (QED) is 0.285. The Morgan fingerprint density at radius 1 is 1.05 bits per heavy atom. The second kappa shape index (κ2) is 15.9. The molecule has 0 aromatic heterocycles. The van der Waals surface area contributed by atoms with Gasteiger partial charge in [0, 0.05) is 12.1 Å². The van der Waals surface area contributed by atoms with Gasteiger partial charge in [-0.05, 0) is 73.9 Å². The van der Waals surface area contributed by atoms with Gasteiger partial charge in [0.1, 0.15) is 11.5 Å². The number of rotatable bonds is 13. The number of nitrogens with one attached hydrogen (secondary N) is 1. The molecule has 2 aromatic rings. The monoisotopic (exact) mass is 513 g/mol. The predicted octanol–water partition coefficient (Wildman–Crippen LogP) is 6.90. The molecule has 37 heavy (non-hydrogen) atoms. The highest BCUT2D eigenvalue weighted by atomic mass is 16.5. The fourth-order valence-electron chi connectivity index (χ4n) is 4.29. The van der Waals surface area contributed by atoms with Crippen LogP contribution < -0.4 is 19.5 Å². The molecule has 0 aliphatic rings. The molecular formula is C31H47NO5. The van der Waals surface area contributed by atoms with Crippen LogP contribution in [0.4, 0.5) is 0 Å². The molecule has 0 fully saturated rings. The molecule has 0 radical (unpaired) electrons. The van der Waals surface area contributed by atoms with Gasteiger partial charge >= 0.3 is 0 Å². The minimum absolute atomic E-state index is 0.0903.